The minimum atomic E-state index is -0.982. The average molecular weight is 520 g/mol. The van der Waals surface area contributed by atoms with Gasteiger partial charge in [0.1, 0.15) is 12.4 Å². The number of esters is 1. The number of aromatic nitrogens is 3. The highest BCUT2D eigenvalue weighted by Crippen LogP contribution is 2.32. The molecule has 0 fully saturated rings. The Kier molecular flexibility index (Phi) is 6.83. The van der Waals surface area contributed by atoms with Crippen LogP contribution in [0.2, 0.25) is 5.02 Å². The van der Waals surface area contributed by atoms with Gasteiger partial charge in [-0.1, -0.05) is 35.9 Å². The summed E-state index contributed by atoms with van der Waals surface area (Å²) in [5, 5.41) is 0.560. The molecule has 5 aromatic rings. The lowest BCUT2D eigenvalue weighted by molar-refractivity contribution is 0.0600. The summed E-state index contributed by atoms with van der Waals surface area (Å²) < 4.78 is 40.8. The number of imidazole rings is 1. The number of ether oxygens (including phenoxy) is 2. The van der Waals surface area contributed by atoms with Gasteiger partial charge in [-0.25, -0.2) is 23.5 Å². The van der Waals surface area contributed by atoms with Crippen molar-refractivity contribution in [3.63, 3.8) is 0 Å². The van der Waals surface area contributed by atoms with Crippen molar-refractivity contribution in [2.45, 2.75) is 13.2 Å². The van der Waals surface area contributed by atoms with Crippen LogP contribution in [0.1, 0.15) is 21.5 Å². The van der Waals surface area contributed by atoms with Crippen molar-refractivity contribution in [3.05, 3.63) is 112 Å². The lowest BCUT2D eigenvalue weighted by Crippen LogP contribution is -2.05. The number of hydrogen-bond donors (Lipinski definition) is 0. The largest absolute Gasteiger partial charge is 0.472 e. The van der Waals surface area contributed by atoms with Gasteiger partial charge in [-0.15, -0.1) is 0 Å². The molecule has 0 aliphatic carbocycles. The van der Waals surface area contributed by atoms with Gasteiger partial charge in [0, 0.05) is 29.9 Å². The SMILES string of the molecule is COC(=O)c1ccc(COc2ncccc2-c2nc3cc(F)c(F)cc3n2Cc2cccc(Cl)c2)cc1. The van der Waals surface area contributed by atoms with Crippen LogP contribution in [-0.4, -0.2) is 27.6 Å². The maximum Gasteiger partial charge on any atom is 0.337 e. The zero-order valence-corrected chi connectivity index (χ0v) is 20.4. The number of fused-ring (bicyclic) bond motifs is 1. The standard InChI is InChI=1S/C28H20ClF2N3O3/c1-36-28(35)19-9-7-17(8-10-19)16-37-27-21(6-3-11-32-27)26-33-24-13-22(30)23(31)14-25(24)34(26)15-18-4-2-5-20(29)12-18/h2-14H,15-16H2,1H3. The minimum Gasteiger partial charge on any atom is -0.472 e. The zero-order chi connectivity index (χ0) is 25.9. The summed E-state index contributed by atoms with van der Waals surface area (Å²) in [6.07, 6.45) is 1.59. The molecule has 2 heterocycles. The Morgan fingerprint density at radius 3 is 2.51 bits per heavy atom. The van der Waals surface area contributed by atoms with Gasteiger partial charge in [0.25, 0.3) is 0 Å². The molecule has 0 radical (unpaired) electrons. The van der Waals surface area contributed by atoms with E-state index in [-0.39, 0.29) is 6.61 Å². The van der Waals surface area contributed by atoms with Crippen molar-refractivity contribution in [2.75, 3.05) is 7.11 Å². The first kappa shape index (κ1) is 24.4. The second kappa shape index (κ2) is 10.4. The van der Waals surface area contributed by atoms with Crippen LogP contribution in [0.5, 0.6) is 5.88 Å². The number of nitrogens with zero attached hydrogens (tertiary/aromatic N) is 3. The number of halogens is 3. The number of benzene rings is 3. The minimum absolute atomic E-state index is 0.170. The molecule has 0 saturated heterocycles. The molecular formula is C28H20ClF2N3O3. The maximum atomic E-state index is 14.2. The highest BCUT2D eigenvalue weighted by Gasteiger charge is 2.20. The lowest BCUT2D eigenvalue weighted by Gasteiger charge is -2.13. The molecule has 0 bridgehead atoms. The molecule has 2 aromatic heterocycles. The molecule has 0 unspecified atom stereocenters. The summed E-state index contributed by atoms with van der Waals surface area (Å²) in [6, 6.07) is 19.8. The van der Waals surface area contributed by atoms with E-state index in [0.29, 0.717) is 45.4 Å². The smallest absolute Gasteiger partial charge is 0.337 e. The van der Waals surface area contributed by atoms with E-state index < -0.39 is 17.6 Å². The van der Waals surface area contributed by atoms with Crippen molar-refractivity contribution in [1.29, 1.82) is 0 Å². The Morgan fingerprint density at radius 1 is 0.973 bits per heavy atom. The summed E-state index contributed by atoms with van der Waals surface area (Å²) >= 11 is 6.18. The third-order valence-electron chi connectivity index (χ3n) is 5.78. The van der Waals surface area contributed by atoms with E-state index in [1.165, 1.54) is 7.11 Å². The molecular weight excluding hydrogens is 500 g/mol. The highest BCUT2D eigenvalue weighted by atomic mass is 35.5. The van der Waals surface area contributed by atoms with E-state index in [1.807, 2.05) is 12.1 Å². The molecule has 6 nitrogen and oxygen atoms in total. The quantitative estimate of drug-likeness (QED) is 0.231. The molecule has 3 aromatic carbocycles. The molecule has 0 amide bonds. The molecule has 0 N–H and O–H groups in total. The predicted octanol–water partition coefficient (Wildman–Crippen LogP) is 6.44. The monoisotopic (exact) mass is 519 g/mol. The normalized spacial score (nSPS) is 11.0. The molecule has 0 saturated carbocycles. The van der Waals surface area contributed by atoms with E-state index in [0.717, 1.165) is 23.3 Å². The Labute approximate surface area is 216 Å². The molecule has 0 aliphatic heterocycles. The fourth-order valence-corrected chi connectivity index (χ4v) is 4.20. The van der Waals surface area contributed by atoms with E-state index in [9.17, 15) is 13.6 Å². The predicted molar refractivity (Wildman–Crippen MR) is 136 cm³/mol. The number of methoxy groups -OCH3 is 1. The van der Waals surface area contributed by atoms with Crippen LogP contribution in [0.25, 0.3) is 22.4 Å². The topological polar surface area (TPSA) is 66.2 Å². The fraction of sp³-hybridized carbons (Fsp3) is 0.107. The first-order chi connectivity index (χ1) is 17.9. The summed E-state index contributed by atoms with van der Waals surface area (Å²) in [7, 11) is 1.32. The first-order valence-electron chi connectivity index (χ1n) is 11.3. The van der Waals surface area contributed by atoms with E-state index in [1.54, 1.807) is 59.3 Å². The molecule has 0 spiro atoms. The second-order valence-corrected chi connectivity index (χ2v) is 8.68. The summed E-state index contributed by atoms with van der Waals surface area (Å²) in [5.41, 5.74) is 3.36. The number of pyridine rings is 1. The van der Waals surface area contributed by atoms with Crippen LogP contribution in [0, 0.1) is 11.6 Å². The Hall–Kier alpha value is -4.30. The van der Waals surface area contributed by atoms with Gasteiger partial charge in [0.15, 0.2) is 11.6 Å². The van der Waals surface area contributed by atoms with Gasteiger partial charge in [-0.3, -0.25) is 0 Å². The zero-order valence-electron chi connectivity index (χ0n) is 19.6. The van der Waals surface area contributed by atoms with Gasteiger partial charge >= 0.3 is 5.97 Å². The van der Waals surface area contributed by atoms with Gasteiger partial charge in [0.05, 0.1) is 29.3 Å². The summed E-state index contributed by atoms with van der Waals surface area (Å²) in [4.78, 5) is 20.7. The van der Waals surface area contributed by atoms with Crippen LogP contribution in [0.15, 0.2) is 79.0 Å². The number of carbonyl (C=O) groups is 1. The highest BCUT2D eigenvalue weighted by molar-refractivity contribution is 6.30. The fourth-order valence-electron chi connectivity index (χ4n) is 3.99. The third kappa shape index (κ3) is 5.15. The van der Waals surface area contributed by atoms with Gasteiger partial charge in [0.2, 0.25) is 5.88 Å². The van der Waals surface area contributed by atoms with Gasteiger partial charge < -0.3 is 14.0 Å². The number of rotatable bonds is 7. The van der Waals surface area contributed by atoms with Crippen molar-refractivity contribution in [3.8, 4) is 17.3 Å². The van der Waals surface area contributed by atoms with Crippen molar-refractivity contribution >= 4 is 28.6 Å². The van der Waals surface area contributed by atoms with Crippen LogP contribution < -0.4 is 4.74 Å². The lowest BCUT2D eigenvalue weighted by atomic mass is 10.1. The molecule has 37 heavy (non-hydrogen) atoms. The van der Waals surface area contributed by atoms with E-state index >= 15 is 0 Å². The Bertz CT molecular complexity index is 1600. The van der Waals surface area contributed by atoms with Crippen molar-refractivity contribution < 1.29 is 23.0 Å². The first-order valence-corrected chi connectivity index (χ1v) is 11.7. The van der Waals surface area contributed by atoms with E-state index in [2.05, 4.69) is 9.97 Å². The molecule has 9 heteroatoms. The van der Waals surface area contributed by atoms with Gasteiger partial charge in [-0.05, 0) is 47.5 Å². The van der Waals surface area contributed by atoms with Crippen molar-refractivity contribution in [2.24, 2.45) is 0 Å². The average Bonchev–Trinajstić information content (AvgIpc) is 3.24. The van der Waals surface area contributed by atoms with Crippen LogP contribution >= 0.6 is 11.6 Å². The summed E-state index contributed by atoms with van der Waals surface area (Å²) in [5.74, 6) is -1.65. The maximum absolute atomic E-state index is 14.2. The molecule has 0 atom stereocenters. The molecule has 5 rings (SSSR count). The summed E-state index contributed by atoms with van der Waals surface area (Å²) in [6.45, 7) is 0.476. The second-order valence-electron chi connectivity index (χ2n) is 8.24. The van der Waals surface area contributed by atoms with Gasteiger partial charge in [-0.2, -0.15) is 0 Å². The molecule has 0 aliphatic rings. The van der Waals surface area contributed by atoms with Crippen molar-refractivity contribution in [1.82, 2.24) is 14.5 Å². The number of carbonyl (C=O) groups excluding carboxylic acids is 1. The third-order valence-corrected chi connectivity index (χ3v) is 6.02. The number of hydrogen-bond acceptors (Lipinski definition) is 5. The van der Waals surface area contributed by atoms with Crippen LogP contribution in [-0.2, 0) is 17.9 Å². The molecule has 186 valence electrons. The van der Waals surface area contributed by atoms with Crippen LogP contribution in [0.4, 0.5) is 8.78 Å². The van der Waals surface area contributed by atoms with E-state index in [4.69, 9.17) is 21.1 Å². The van der Waals surface area contributed by atoms with Crippen LogP contribution in [0.3, 0.4) is 0 Å². The Morgan fingerprint density at radius 2 is 1.76 bits per heavy atom. The Balaban J connectivity index is 1.53.